The largest absolute Gasteiger partial charge is 0.389 e. The van der Waals surface area contributed by atoms with Gasteiger partial charge in [-0.05, 0) is 148 Å². The van der Waals surface area contributed by atoms with Crippen LogP contribution in [0.25, 0.3) is 0 Å². The second-order valence-electron chi connectivity index (χ2n) is 17.5. The zero-order valence-electron chi connectivity index (χ0n) is 34.8. The molecule has 4 aliphatic rings. The summed E-state index contributed by atoms with van der Waals surface area (Å²) in [7, 11) is 0. The number of rotatable bonds is 6. The highest BCUT2D eigenvalue weighted by Gasteiger charge is 2.53. The molecule has 0 aliphatic heterocycles. The highest BCUT2D eigenvalue weighted by atomic mass is 19.4. The smallest absolute Gasteiger partial charge is 0.320 e. The normalized spacial score (nSPS) is 23.5. The second-order valence-corrected chi connectivity index (χ2v) is 17.5. The van der Waals surface area contributed by atoms with Gasteiger partial charge in [0.25, 0.3) is 11.8 Å². The average molecular weight is 861 g/mol. The molecule has 8 rings (SSSR count). The highest BCUT2D eigenvalue weighted by molar-refractivity contribution is 6.05. The molecular weight excluding hydrogens is 811 g/mol. The van der Waals surface area contributed by atoms with Crippen molar-refractivity contribution in [2.75, 3.05) is 10.6 Å². The molecule has 8 nitrogen and oxygen atoms in total. The van der Waals surface area contributed by atoms with Crippen LogP contribution in [-0.4, -0.2) is 45.7 Å². The van der Waals surface area contributed by atoms with E-state index in [1.807, 2.05) is 0 Å². The van der Waals surface area contributed by atoms with Crippen LogP contribution in [0.15, 0.2) is 73.1 Å². The van der Waals surface area contributed by atoms with Gasteiger partial charge in [-0.1, -0.05) is 12.1 Å². The van der Waals surface area contributed by atoms with Crippen molar-refractivity contribution < 1.29 is 45.5 Å². The lowest BCUT2D eigenvalue weighted by atomic mass is 9.59. The lowest BCUT2D eigenvalue weighted by molar-refractivity contribution is -0.160. The molecule has 2 amide bonds. The first-order chi connectivity index (χ1) is 29.4. The van der Waals surface area contributed by atoms with E-state index >= 15 is 0 Å². The number of alkyl halides is 6. The van der Waals surface area contributed by atoms with Crippen molar-refractivity contribution in [1.82, 2.24) is 9.97 Å². The number of nitrogens with zero attached hydrogens (tertiary/aromatic N) is 2. The maximum absolute atomic E-state index is 13.7. The number of carbonyl (C=O) groups is 4. The summed E-state index contributed by atoms with van der Waals surface area (Å²) in [5.74, 6) is -1.15. The predicted octanol–water partition coefficient (Wildman–Crippen LogP) is 11.1. The third-order valence-corrected chi connectivity index (χ3v) is 13.6. The third kappa shape index (κ3) is 9.79. The van der Waals surface area contributed by atoms with Crippen LogP contribution in [0, 0.1) is 25.7 Å². The van der Waals surface area contributed by atoms with Crippen molar-refractivity contribution in [3.8, 4) is 0 Å². The van der Waals surface area contributed by atoms with E-state index in [4.69, 9.17) is 0 Å². The van der Waals surface area contributed by atoms with Crippen LogP contribution in [-0.2, 0) is 33.3 Å². The molecule has 2 aromatic carbocycles. The molecule has 0 saturated heterocycles. The SMILES string of the molecule is Cc1ncccc1NC(=O)c1ccc2c(c1)CCC[C@@H]1CC(=O)CC[C@]21CC(F)(F)F.Cc1ncccc1NC(=O)c1ccc2c(c1)CCC[C@H]1CC(=O)CC[C@@]21CC(F)(F)F. The van der Waals surface area contributed by atoms with Gasteiger partial charge in [-0.15, -0.1) is 0 Å². The first kappa shape index (κ1) is 44.6. The number of fused-ring (bicyclic) bond motifs is 6. The summed E-state index contributed by atoms with van der Waals surface area (Å²) in [6.45, 7) is 3.58. The van der Waals surface area contributed by atoms with Crippen LogP contribution in [0.5, 0.6) is 0 Å². The maximum atomic E-state index is 13.7. The van der Waals surface area contributed by atoms with Crippen LogP contribution < -0.4 is 10.6 Å². The molecule has 2 heterocycles. The van der Waals surface area contributed by atoms with Crippen molar-refractivity contribution >= 4 is 34.8 Å². The van der Waals surface area contributed by atoms with Gasteiger partial charge in [0.1, 0.15) is 11.6 Å². The van der Waals surface area contributed by atoms with E-state index < -0.39 is 36.0 Å². The molecule has 328 valence electrons. The monoisotopic (exact) mass is 860 g/mol. The molecule has 0 unspecified atom stereocenters. The van der Waals surface area contributed by atoms with E-state index in [9.17, 15) is 45.5 Å². The molecule has 2 fully saturated rings. The number of ketones is 2. The van der Waals surface area contributed by atoms with Crippen LogP contribution in [0.1, 0.15) is 131 Å². The molecule has 4 aromatic rings. The van der Waals surface area contributed by atoms with Crippen molar-refractivity contribution in [1.29, 1.82) is 0 Å². The Labute approximate surface area is 356 Å². The van der Waals surface area contributed by atoms with Crippen LogP contribution in [0.2, 0.25) is 0 Å². The fraction of sp³-hybridized carbons (Fsp3) is 0.458. The lowest BCUT2D eigenvalue weighted by Crippen LogP contribution is -2.44. The fourth-order valence-corrected chi connectivity index (χ4v) is 10.7. The Morgan fingerprint density at radius 3 is 1.40 bits per heavy atom. The molecule has 4 aliphatic carbocycles. The number of amides is 2. The Bertz CT molecular complexity index is 2200. The molecule has 2 saturated carbocycles. The van der Waals surface area contributed by atoms with Gasteiger partial charge in [-0.2, -0.15) is 26.3 Å². The average Bonchev–Trinajstić information content (AvgIpc) is 3.45. The molecule has 62 heavy (non-hydrogen) atoms. The van der Waals surface area contributed by atoms with Crippen LogP contribution in [0.3, 0.4) is 0 Å². The maximum Gasteiger partial charge on any atom is 0.389 e. The number of halogens is 6. The predicted molar refractivity (Wildman–Crippen MR) is 222 cm³/mol. The van der Waals surface area contributed by atoms with E-state index in [1.165, 1.54) is 0 Å². The number of benzene rings is 2. The van der Waals surface area contributed by atoms with Gasteiger partial charge in [-0.3, -0.25) is 29.1 Å². The molecule has 4 atom stereocenters. The number of nitrogens with one attached hydrogen (secondary N) is 2. The Kier molecular flexibility index (Phi) is 12.8. The number of aromatic nitrogens is 2. The number of aryl methyl sites for hydroxylation is 4. The van der Waals surface area contributed by atoms with E-state index in [1.54, 1.807) is 86.9 Å². The van der Waals surface area contributed by atoms with Crippen LogP contribution >= 0.6 is 0 Å². The summed E-state index contributed by atoms with van der Waals surface area (Å²) in [5.41, 5.74) is 4.11. The lowest BCUT2D eigenvalue weighted by Gasteiger charge is -2.44. The third-order valence-electron chi connectivity index (χ3n) is 13.6. The molecule has 2 N–H and O–H groups in total. The molecule has 0 bridgehead atoms. The van der Waals surface area contributed by atoms with Crippen molar-refractivity contribution in [2.45, 2.75) is 127 Å². The number of carbonyl (C=O) groups excluding carboxylic acids is 4. The summed E-state index contributed by atoms with van der Waals surface area (Å²) in [4.78, 5) is 58.0. The molecule has 2 aromatic heterocycles. The summed E-state index contributed by atoms with van der Waals surface area (Å²) >= 11 is 0. The Hall–Kier alpha value is -5.40. The zero-order valence-corrected chi connectivity index (χ0v) is 34.8. The molecular formula is C48H50F6N4O4. The van der Waals surface area contributed by atoms with Crippen molar-refractivity contribution in [3.63, 3.8) is 0 Å². The van der Waals surface area contributed by atoms with Gasteiger partial charge in [-0.25, -0.2) is 0 Å². The quantitative estimate of drug-likeness (QED) is 0.186. The zero-order chi connectivity index (χ0) is 44.5. The summed E-state index contributed by atoms with van der Waals surface area (Å²) in [6.07, 6.45) is -2.24. The first-order valence-corrected chi connectivity index (χ1v) is 21.3. The van der Waals surface area contributed by atoms with Gasteiger partial charge in [0.05, 0.1) is 35.6 Å². The summed E-state index contributed by atoms with van der Waals surface area (Å²) < 4.78 is 82.0. The van der Waals surface area contributed by atoms with Crippen molar-refractivity contribution in [3.05, 3.63) is 118 Å². The van der Waals surface area contributed by atoms with Crippen LogP contribution in [0.4, 0.5) is 37.7 Å². The number of anilines is 2. The van der Waals surface area contributed by atoms with Gasteiger partial charge in [0.2, 0.25) is 0 Å². The number of Topliss-reactive ketones (excluding diaryl/α,β-unsaturated/α-hetero) is 2. The topological polar surface area (TPSA) is 118 Å². The van der Waals surface area contributed by atoms with Gasteiger partial charge < -0.3 is 10.6 Å². The van der Waals surface area contributed by atoms with Gasteiger partial charge in [0, 0.05) is 60.0 Å². The minimum Gasteiger partial charge on any atom is -0.320 e. The number of hydrogen-bond acceptors (Lipinski definition) is 6. The fourth-order valence-electron chi connectivity index (χ4n) is 10.7. The summed E-state index contributed by atoms with van der Waals surface area (Å²) in [6, 6.07) is 17.0. The minimum absolute atomic E-state index is 0.0501. The second kappa shape index (κ2) is 17.8. The standard InChI is InChI=1S/2C24H25F3N2O2/c2*1-15-21(6-3-11-28-15)29-22(31)17-7-8-20-16(12-17)4-2-5-18-13-19(30)9-10-23(18,20)14-24(25,26)27/h2*3,6-8,11-12,18H,2,4-5,9-10,13-14H2,1H3,(H,29,31)/t2*18-,23-/m10/s1. The van der Waals surface area contributed by atoms with Gasteiger partial charge in [0.15, 0.2) is 0 Å². The van der Waals surface area contributed by atoms with E-state index in [2.05, 4.69) is 20.6 Å². The molecule has 14 heteroatoms. The molecule has 0 spiro atoms. The molecule has 0 radical (unpaired) electrons. The number of hydrogen-bond donors (Lipinski definition) is 2. The van der Waals surface area contributed by atoms with Crippen molar-refractivity contribution in [2.24, 2.45) is 11.8 Å². The Morgan fingerprint density at radius 1 is 0.629 bits per heavy atom. The highest BCUT2D eigenvalue weighted by Crippen LogP contribution is 2.55. The number of pyridine rings is 2. The minimum atomic E-state index is -4.33. The summed E-state index contributed by atoms with van der Waals surface area (Å²) in [5, 5.41) is 5.67. The Balaban J connectivity index is 0.000000186. The van der Waals surface area contributed by atoms with Gasteiger partial charge >= 0.3 is 12.4 Å². The Morgan fingerprint density at radius 2 is 1.03 bits per heavy atom. The van der Waals surface area contributed by atoms with E-state index in [-0.39, 0.29) is 73.7 Å². The van der Waals surface area contributed by atoms with E-state index in [0.717, 1.165) is 11.1 Å². The first-order valence-electron chi connectivity index (χ1n) is 21.3. The van der Waals surface area contributed by atoms with E-state index in [0.29, 0.717) is 83.5 Å².